The monoisotopic (exact) mass is 397 g/mol. The van der Waals surface area contributed by atoms with Gasteiger partial charge in [-0.15, -0.1) is 0 Å². The number of carbonyl (C=O) groups excluding carboxylic acids is 1. The van der Waals surface area contributed by atoms with Gasteiger partial charge in [0.15, 0.2) is 0 Å². The summed E-state index contributed by atoms with van der Waals surface area (Å²) in [7, 11) is -1.77. The standard InChI is InChI=1S/C14H21BN5O6P/c1-2-3-8(21)19-12-9-13(17-5-16-12)20(6-18-9)14-10(22)11-7(25-14)4-24-27(15,23)26-11/h5-7,10-11,14,22-23,27H,2-4,15H2,1H3,(H,16,17,19,21)/t7-,10?,11+,14-/m1/s1. The van der Waals surface area contributed by atoms with Crippen molar-refractivity contribution in [2.24, 2.45) is 0 Å². The molecule has 11 nitrogen and oxygen atoms in total. The summed E-state index contributed by atoms with van der Waals surface area (Å²) in [5.74, 6) is 0.144. The Morgan fingerprint density at radius 2 is 2.30 bits per heavy atom. The number of hydrogen-bond donors (Lipinski definition) is 3. The third kappa shape index (κ3) is 3.44. The van der Waals surface area contributed by atoms with Gasteiger partial charge in [0.1, 0.15) is 0 Å². The number of imidazole rings is 1. The van der Waals surface area contributed by atoms with E-state index in [4.69, 9.17) is 13.8 Å². The first-order valence-corrected chi connectivity index (χ1v) is 11.0. The fraction of sp³-hybridized carbons (Fsp3) is 0.571. The van der Waals surface area contributed by atoms with Crippen LogP contribution in [0.15, 0.2) is 12.7 Å². The molecule has 13 heteroatoms. The number of aliphatic hydroxyl groups is 1. The molecule has 0 bridgehead atoms. The Labute approximate surface area is 156 Å². The molecule has 1 unspecified atom stereocenters. The predicted molar refractivity (Wildman–Crippen MR) is 98.7 cm³/mol. The van der Waals surface area contributed by atoms with E-state index in [0.29, 0.717) is 29.8 Å². The average molecular weight is 397 g/mol. The summed E-state index contributed by atoms with van der Waals surface area (Å²) in [6.45, 7) is 2.05. The van der Waals surface area contributed by atoms with E-state index in [1.807, 2.05) is 6.92 Å². The Hall–Kier alpha value is -1.69. The molecule has 3 N–H and O–H groups in total. The normalized spacial score (nSPS) is 30.8. The molecule has 2 aliphatic heterocycles. The van der Waals surface area contributed by atoms with Crippen LogP contribution in [0.5, 0.6) is 0 Å². The van der Waals surface area contributed by atoms with E-state index in [2.05, 4.69) is 20.3 Å². The molecule has 0 saturated carbocycles. The van der Waals surface area contributed by atoms with E-state index in [0.717, 1.165) is 0 Å². The molecule has 2 fully saturated rings. The molecule has 4 rings (SSSR count). The second-order valence-electron chi connectivity index (χ2n) is 6.69. The van der Waals surface area contributed by atoms with Crippen molar-refractivity contribution in [3.63, 3.8) is 0 Å². The molecule has 0 spiro atoms. The molecule has 146 valence electrons. The van der Waals surface area contributed by atoms with E-state index >= 15 is 0 Å². The maximum atomic E-state index is 11.9. The fourth-order valence-electron chi connectivity index (χ4n) is 3.30. The van der Waals surface area contributed by atoms with Crippen LogP contribution in [0.4, 0.5) is 5.82 Å². The summed E-state index contributed by atoms with van der Waals surface area (Å²) < 4.78 is 18.3. The second kappa shape index (κ2) is 7.04. The third-order valence-electron chi connectivity index (χ3n) is 4.55. The van der Waals surface area contributed by atoms with Gasteiger partial charge in [-0.2, -0.15) is 0 Å². The maximum absolute atomic E-state index is 11.9. The molecule has 0 aliphatic carbocycles. The number of rotatable bonds is 4. The van der Waals surface area contributed by atoms with Gasteiger partial charge in [0.25, 0.3) is 0 Å². The average Bonchev–Trinajstić information content (AvgIpc) is 3.17. The first-order chi connectivity index (χ1) is 12.9. The van der Waals surface area contributed by atoms with Gasteiger partial charge in [0.05, 0.1) is 0 Å². The van der Waals surface area contributed by atoms with Gasteiger partial charge in [-0.1, -0.05) is 6.92 Å². The van der Waals surface area contributed by atoms with Crippen molar-refractivity contribution in [2.75, 3.05) is 11.9 Å². The quantitative estimate of drug-likeness (QED) is 0.450. The first-order valence-electron chi connectivity index (χ1n) is 8.74. The molecular weight excluding hydrogens is 376 g/mol. The van der Waals surface area contributed by atoms with Crippen LogP contribution in [-0.2, 0) is 18.6 Å². The number of aliphatic hydroxyl groups excluding tert-OH is 1. The summed E-state index contributed by atoms with van der Waals surface area (Å²) in [5.41, 5.74) is 0.801. The van der Waals surface area contributed by atoms with Crippen LogP contribution in [0.2, 0.25) is 0 Å². The minimum absolute atomic E-state index is 0.136. The molecule has 2 saturated heterocycles. The Balaban J connectivity index is 1.62. The number of anilines is 1. The van der Waals surface area contributed by atoms with Crippen molar-refractivity contribution in [1.82, 2.24) is 19.5 Å². The van der Waals surface area contributed by atoms with Crippen LogP contribution >= 0.6 is 7.82 Å². The molecule has 27 heavy (non-hydrogen) atoms. The van der Waals surface area contributed by atoms with E-state index in [9.17, 15) is 14.8 Å². The second-order valence-corrected chi connectivity index (χ2v) is 9.01. The van der Waals surface area contributed by atoms with Crippen LogP contribution in [-0.4, -0.2) is 67.9 Å². The van der Waals surface area contributed by atoms with Crippen LogP contribution < -0.4 is 5.32 Å². The van der Waals surface area contributed by atoms with Gasteiger partial charge < -0.3 is 0 Å². The van der Waals surface area contributed by atoms with Crippen molar-refractivity contribution in [3.8, 4) is 0 Å². The molecule has 2 aliphatic rings. The molecule has 1 amide bonds. The van der Waals surface area contributed by atoms with Crippen LogP contribution in [0.25, 0.3) is 11.2 Å². The SMILES string of the molecule is B[PH]1(O)OC[C@H]2O[C@@H](n3cnc4c(NC(=O)CCC)ncnc43)C(O)[C@H]2O1. The number of ether oxygens (including phenoxy) is 1. The molecule has 4 atom stereocenters. The molecule has 0 radical (unpaired) electrons. The zero-order chi connectivity index (χ0) is 19.2. The summed E-state index contributed by atoms with van der Waals surface area (Å²) >= 11 is 0. The number of nitrogens with one attached hydrogen (secondary N) is 1. The molecule has 2 aromatic heterocycles. The Morgan fingerprint density at radius 1 is 1.48 bits per heavy atom. The van der Waals surface area contributed by atoms with Crippen LogP contribution in [0, 0.1) is 0 Å². The van der Waals surface area contributed by atoms with Gasteiger partial charge in [-0.05, 0) is 0 Å². The van der Waals surface area contributed by atoms with Crippen molar-refractivity contribution >= 4 is 38.3 Å². The summed E-state index contributed by atoms with van der Waals surface area (Å²) in [4.78, 5) is 34.5. The van der Waals surface area contributed by atoms with E-state index in [-0.39, 0.29) is 12.5 Å². The molecule has 2 aromatic rings. The van der Waals surface area contributed by atoms with Crippen molar-refractivity contribution < 1.29 is 28.6 Å². The Morgan fingerprint density at radius 3 is 3.07 bits per heavy atom. The van der Waals surface area contributed by atoms with Crippen molar-refractivity contribution in [1.29, 1.82) is 0 Å². The fourth-order valence-corrected chi connectivity index (χ4v) is 4.64. The van der Waals surface area contributed by atoms with Crippen molar-refractivity contribution in [3.05, 3.63) is 12.7 Å². The zero-order valence-electron chi connectivity index (χ0n) is 14.9. The number of amides is 1. The van der Waals surface area contributed by atoms with E-state index in [1.165, 1.54) is 20.2 Å². The van der Waals surface area contributed by atoms with Crippen LogP contribution in [0.3, 0.4) is 0 Å². The Bertz CT molecular complexity index is 866. The number of aromatic nitrogens is 4. The number of fused-ring (bicyclic) bond motifs is 2. The van der Waals surface area contributed by atoms with Gasteiger partial charge in [-0.3, -0.25) is 0 Å². The summed E-state index contributed by atoms with van der Waals surface area (Å²) in [6, 6.07) is 0. The van der Waals surface area contributed by atoms with Gasteiger partial charge in [0, 0.05) is 0 Å². The predicted octanol–water partition coefficient (Wildman–Crippen LogP) is -0.726. The van der Waals surface area contributed by atoms with Crippen molar-refractivity contribution in [2.45, 2.75) is 44.3 Å². The van der Waals surface area contributed by atoms with E-state index in [1.54, 1.807) is 4.57 Å². The van der Waals surface area contributed by atoms with Gasteiger partial charge in [0.2, 0.25) is 0 Å². The zero-order valence-corrected chi connectivity index (χ0v) is 15.9. The summed E-state index contributed by atoms with van der Waals surface area (Å²) in [6.07, 6.45) is 0.808. The third-order valence-corrected chi connectivity index (χ3v) is 5.96. The van der Waals surface area contributed by atoms with Crippen LogP contribution in [0.1, 0.15) is 26.0 Å². The first kappa shape index (κ1) is 18.7. The molecule has 4 heterocycles. The minimum atomic E-state index is -3.26. The van der Waals surface area contributed by atoms with Gasteiger partial charge >= 0.3 is 148 Å². The topological polar surface area (TPSA) is 141 Å². The summed E-state index contributed by atoms with van der Waals surface area (Å²) in [5, 5.41) is 13.4. The molecule has 0 aromatic carbocycles. The van der Waals surface area contributed by atoms with Gasteiger partial charge in [-0.25, -0.2) is 0 Å². The van der Waals surface area contributed by atoms with E-state index < -0.39 is 32.4 Å². The Kier molecular flexibility index (Phi) is 4.87. The number of nitrogens with zero attached hydrogens (tertiary/aromatic N) is 4. The number of carbonyl (C=O) groups is 1. The molecular formula is C14H21BN5O6P. The number of hydrogen-bond acceptors (Lipinski definition) is 9.